The number of piperidine rings is 1. The highest BCUT2D eigenvalue weighted by Crippen LogP contribution is 2.35. The van der Waals surface area contributed by atoms with E-state index < -0.39 is 4.92 Å². The lowest BCUT2D eigenvalue weighted by Gasteiger charge is -2.32. The molecule has 1 heterocycles. The smallest absolute Gasteiger partial charge is 0.286 e. The van der Waals surface area contributed by atoms with Crippen molar-refractivity contribution in [2.24, 2.45) is 5.92 Å². The number of hydrogen-bond donors (Lipinski definition) is 1. The Morgan fingerprint density at radius 1 is 1.27 bits per heavy atom. The van der Waals surface area contributed by atoms with E-state index in [1.54, 1.807) is 4.90 Å². The van der Waals surface area contributed by atoms with Crippen molar-refractivity contribution in [3.05, 3.63) is 27.8 Å². The summed E-state index contributed by atoms with van der Waals surface area (Å²) in [7, 11) is 2.84. The van der Waals surface area contributed by atoms with Crippen LogP contribution in [0, 0.1) is 16.0 Å². The van der Waals surface area contributed by atoms with Crippen LogP contribution in [0.3, 0.4) is 0 Å². The zero-order valence-corrected chi connectivity index (χ0v) is 16.1. The van der Waals surface area contributed by atoms with Gasteiger partial charge in [-0.2, -0.15) is 0 Å². The fraction of sp³-hybridized carbons (Fsp3) is 0.588. The second-order valence-electron chi connectivity index (χ2n) is 6.02. The lowest BCUT2D eigenvalue weighted by atomic mass is 9.96. The van der Waals surface area contributed by atoms with Crippen LogP contribution in [0.15, 0.2) is 12.1 Å². The molecular weight excluding hydrogens is 362 g/mol. The summed E-state index contributed by atoms with van der Waals surface area (Å²) in [5, 5.41) is 14.7. The Bertz CT molecular complexity index is 633. The molecule has 146 valence electrons. The number of nitrogens with zero attached hydrogens (tertiary/aromatic N) is 2. The van der Waals surface area contributed by atoms with Crippen LogP contribution in [0.25, 0.3) is 0 Å². The molecule has 1 aromatic rings. The van der Waals surface area contributed by atoms with Crippen LogP contribution >= 0.6 is 12.4 Å². The molecule has 9 heteroatoms. The molecule has 1 amide bonds. The molecule has 0 unspecified atom stereocenters. The van der Waals surface area contributed by atoms with Gasteiger partial charge in [0, 0.05) is 19.2 Å². The largest absolute Gasteiger partial charge is 0.493 e. The summed E-state index contributed by atoms with van der Waals surface area (Å²) in [4.78, 5) is 25.3. The normalized spacial score (nSPS) is 14.5. The molecule has 26 heavy (non-hydrogen) atoms. The molecule has 1 aromatic carbocycles. The molecule has 0 bridgehead atoms. The van der Waals surface area contributed by atoms with E-state index in [0.717, 1.165) is 25.9 Å². The van der Waals surface area contributed by atoms with Gasteiger partial charge >= 0.3 is 0 Å². The lowest BCUT2D eigenvalue weighted by Crippen LogP contribution is -2.41. The van der Waals surface area contributed by atoms with Gasteiger partial charge in [-0.1, -0.05) is 6.92 Å². The molecule has 1 aliphatic rings. The minimum Gasteiger partial charge on any atom is -0.493 e. The molecule has 0 spiro atoms. The zero-order valence-electron chi connectivity index (χ0n) is 15.3. The molecular formula is C17H26ClN3O5. The van der Waals surface area contributed by atoms with E-state index in [1.807, 2.05) is 0 Å². The van der Waals surface area contributed by atoms with Crippen LogP contribution in [0.4, 0.5) is 5.69 Å². The number of benzene rings is 1. The van der Waals surface area contributed by atoms with Crippen molar-refractivity contribution in [3.8, 4) is 11.5 Å². The summed E-state index contributed by atoms with van der Waals surface area (Å²) >= 11 is 0. The predicted molar refractivity (Wildman–Crippen MR) is 101 cm³/mol. The number of carbonyl (C=O) groups is 1. The van der Waals surface area contributed by atoms with Gasteiger partial charge in [0.1, 0.15) is 5.56 Å². The second kappa shape index (κ2) is 10.2. The van der Waals surface area contributed by atoms with E-state index in [-0.39, 0.29) is 35.3 Å². The van der Waals surface area contributed by atoms with Crippen LogP contribution in [0.2, 0.25) is 0 Å². The number of nitrogens with one attached hydrogen (secondary N) is 1. The number of rotatable bonds is 7. The van der Waals surface area contributed by atoms with E-state index in [4.69, 9.17) is 9.47 Å². The maximum Gasteiger partial charge on any atom is 0.286 e. The molecule has 0 aromatic heterocycles. The first-order valence-electron chi connectivity index (χ1n) is 8.42. The Kier molecular flexibility index (Phi) is 8.60. The van der Waals surface area contributed by atoms with Crippen LogP contribution in [-0.4, -0.2) is 56.1 Å². The van der Waals surface area contributed by atoms with Crippen molar-refractivity contribution in [1.82, 2.24) is 10.2 Å². The zero-order chi connectivity index (χ0) is 18.4. The van der Waals surface area contributed by atoms with Crippen LogP contribution in [-0.2, 0) is 0 Å². The highest BCUT2D eigenvalue weighted by Gasteiger charge is 2.30. The highest BCUT2D eigenvalue weighted by molar-refractivity contribution is 5.99. The van der Waals surface area contributed by atoms with Crippen LogP contribution in [0.5, 0.6) is 11.5 Å². The lowest BCUT2D eigenvalue weighted by molar-refractivity contribution is -0.385. The van der Waals surface area contributed by atoms with Gasteiger partial charge in [0.25, 0.3) is 11.6 Å². The van der Waals surface area contributed by atoms with E-state index in [0.29, 0.717) is 24.8 Å². The van der Waals surface area contributed by atoms with Crippen molar-refractivity contribution in [3.63, 3.8) is 0 Å². The van der Waals surface area contributed by atoms with E-state index in [2.05, 4.69) is 12.2 Å². The number of likely N-dealkylation sites (tertiary alicyclic amines) is 1. The fourth-order valence-electron chi connectivity index (χ4n) is 3.05. The topological polar surface area (TPSA) is 93.9 Å². The fourth-order valence-corrected chi connectivity index (χ4v) is 3.05. The van der Waals surface area contributed by atoms with Gasteiger partial charge < -0.3 is 19.7 Å². The summed E-state index contributed by atoms with van der Waals surface area (Å²) < 4.78 is 10.3. The van der Waals surface area contributed by atoms with Gasteiger partial charge in [-0.05, 0) is 31.8 Å². The van der Waals surface area contributed by atoms with Gasteiger partial charge in [-0.3, -0.25) is 14.9 Å². The first-order valence-corrected chi connectivity index (χ1v) is 8.42. The van der Waals surface area contributed by atoms with Crippen molar-refractivity contribution in [1.29, 1.82) is 0 Å². The van der Waals surface area contributed by atoms with Gasteiger partial charge in [0.2, 0.25) is 0 Å². The Morgan fingerprint density at radius 3 is 2.35 bits per heavy atom. The minimum atomic E-state index is -0.562. The third kappa shape index (κ3) is 4.98. The van der Waals surface area contributed by atoms with Gasteiger partial charge in [-0.25, -0.2) is 0 Å². The van der Waals surface area contributed by atoms with Crippen molar-refractivity contribution in [2.75, 3.05) is 40.4 Å². The average Bonchev–Trinajstić information content (AvgIpc) is 2.64. The van der Waals surface area contributed by atoms with E-state index >= 15 is 0 Å². The van der Waals surface area contributed by atoms with E-state index in [1.165, 1.54) is 26.4 Å². The van der Waals surface area contributed by atoms with Gasteiger partial charge in [-0.15, -0.1) is 12.4 Å². The summed E-state index contributed by atoms with van der Waals surface area (Å²) in [5.41, 5.74) is -0.231. The number of carbonyl (C=O) groups excluding carboxylic acids is 1. The van der Waals surface area contributed by atoms with Gasteiger partial charge in [0.05, 0.1) is 25.2 Å². The second-order valence-corrected chi connectivity index (χ2v) is 6.02. The number of methoxy groups -OCH3 is 2. The number of amides is 1. The molecule has 1 saturated heterocycles. The van der Waals surface area contributed by atoms with Crippen molar-refractivity contribution < 1.29 is 19.2 Å². The minimum absolute atomic E-state index is 0. The average molecular weight is 388 g/mol. The third-order valence-electron chi connectivity index (χ3n) is 4.51. The quantitative estimate of drug-likeness (QED) is 0.570. The first-order chi connectivity index (χ1) is 12.0. The molecule has 1 aliphatic heterocycles. The molecule has 0 atom stereocenters. The molecule has 0 saturated carbocycles. The van der Waals surface area contributed by atoms with Crippen molar-refractivity contribution in [2.45, 2.75) is 19.8 Å². The number of halogens is 1. The summed E-state index contributed by atoms with van der Waals surface area (Å²) in [6.45, 7) is 5.13. The van der Waals surface area contributed by atoms with Gasteiger partial charge in [0.15, 0.2) is 11.5 Å². The van der Waals surface area contributed by atoms with Crippen molar-refractivity contribution >= 4 is 24.0 Å². The van der Waals surface area contributed by atoms with E-state index in [9.17, 15) is 14.9 Å². The third-order valence-corrected chi connectivity index (χ3v) is 4.51. The molecule has 8 nitrogen and oxygen atoms in total. The van der Waals surface area contributed by atoms with Crippen LogP contribution in [0.1, 0.15) is 30.1 Å². The predicted octanol–water partition coefficient (Wildman–Crippen LogP) is 2.50. The number of nitro groups is 1. The Hall–Kier alpha value is -2.06. The molecule has 0 radical (unpaired) electrons. The number of nitro benzene ring substituents is 1. The molecule has 1 N–H and O–H groups in total. The molecule has 1 fully saturated rings. The number of hydrogen-bond acceptors (Lipinski definition) is 6. The maximum atomic E-state index is 12.8. The Morgan fingerprint density at radius 2 is 1.85 bits per heavy atom. The Balaban J connectivity index is 0.00000338. The standard InChI is InChI=1S/C17H25N3O5.ClH/c1-4-18-11-12-5-7-19(8-6-12)17(21)13-9-15(24-2)16(25-3)10-14(13)20(22)23;/h9-10,12,18H,4-8,11H2,1-3H3;1H. The monoisotopic (exact) mass is 387 g/mol. The summed E-state index contributed by atoms with van der Waals surface area (Å²) in [5.74, 6) is 0.729. The maximum absolute atomic E-state index is 12.8. The molecule has 0 aliphatic carbocycles. The highest BCUT2D eigenvalue weighted by atomic mass is 35.5. The number of ether oxygens (including phenoxy) is 2. The summed E-state index contributed by atoms with van der Waals surface area (Å²) in [6, 6.07) is 2.63. The van der Waals surface area contributed by atoms with Crippen LogP contribution < -0.4 is 14.8 Å². The summed E-state index contributed by atoms with van der Waals surface area (Å²) in [6.07, 6.45) is 1.78. The first kappa shape index (κ1) is 22.0. The SMILES string of the molecule is CCNCC1CCN(C(=O)c2cc(OC)c(OC)cc2[N+](=O)[O-])CC1.Cl. The Labute approximate surface area is 159 Å². The molecule has 2 rings (SSSR count).